The van der Waals surface area contributed by atoms with Crippen molar-refractivity contribution < 1.29 is 9.13 Å². The van der Waals surface area contributed by atoms with Crippen LogP contribution in [0.1, 0.15) is 26.2 Å². The molecule has 0 unspecified atom stereocenters. The first-order valence-electron chi connectivity index (χ1n) is 12.2. The SMILES string of the molecule is CCNC(=NCCCN1CCN(c2ccccc2F)CC1)NC1CCN(CCOC)CC1. The quantitative estimate of drug-likeness (QED) is 0.324. The summed E-state index contributed by atoms with van der Waals surface area (Å²) in [6, 6.07) is 7.55. The number of anilines is 1. The number of hydrogen-bond acceptors (Lipinski definition) is 5. The number of piperazine rings is 1. The van der Waals surface area contributed by atoms with Crippen molar-refractivity contribution in [1.82, 2.24) is 20.4 Å². The minimum Gasteiger partial charge on any atom is -0.383 e. The second-order valence-electron chi connectivity index (χ2n) is 8.65. The zero-order valence-corrected chi connectivity index (χ0v) is 19.9. The number of ether oxygens (including phenoxy) is 1. The molecule has 0 aromatic heterocycles. The van der Waals surface area contributed by atoms with Crippen LogP contribution in [0.3, 0.4) is 0 Å². The van der Waals surface area contributed by atoms with Gasteiger partial charge in [0.1, 0.15) is 5.82 Å². The third-order valence-corrected chi connectivity index (χ3v) is 6.35. The molecule has 32 heavy (non-hydrogen) atoms. The van der Waals surface area contributed by atoms with Crippen LogP contribution in [0.2, 0.25) is 0 Å². The Bertz CT molecular complexity index is 687. The van der Waals surface area contributed by atoms with E-state index >= 15 is 0 Å². The van der Waals surface area contributed by atoms with Crippen molar-refractivity contribution in [1.29, 1.82) is 0 Å². The van der Waals surface area contributed by atoms with Crippen molar-refractivity contribution in [3.63, 3.8) is 0 Å². The van der Waals surface area contributed by atoms with E-state index < -0.39 is 0 Å². The van der Waals surface area contributed by atoms with Gasteiger partial charge in [-0.1, -0.05) is 12.1 Å². The van der Waals surface area contributed by atoms with E-state index in [1.807, 2.05) is 12.1 Å². The largest absolute Gasteiger partial charge is 0.383 e. The zero-order valence-electron chi connectivity index (χ0n) is 19.9. The second kappa shape index (κ2) is 13.6. The number of hydrogen-bond donors (Lipinski definition) is 2. The van der Waals surface area contributed by atoms with Crippen molar-refractivity contribution in [3.8, 4) is 0 Å². The standard InChI is InChI=1S/C24H41FN6O/c1-3-26-24(28-21-9-13-30(14-10-21)19-20-32-2)27-11-6-12-29-15-17-31(18-16-29)23-8-5-4-7-22(23)25/h4-5,7-8,21H,3,6,9-20H2,1-2H3,(H2,26,27,28). The Morgan fingerprint density at radius 3 is 2.47 bits per heavy atom. The summed E-state index contributed by atoms with van der Waals surface area (Å²) in [6.07, 6.45) is 3.31. The maximum absolute atomic E-state index is 14.0. The van der Waals surface area contributed by atoms with Gasteiger partial charge in [0.2, 0.25) is 0 Å². The lowest BCUT2D eigenvalue weighted by Crippen LogP contribution is -2.49. The van der Waals surface area contributed by atoms with Gasteiger partial charge >= 0.3 is 0 Å². The Labute approximate surface area is 193 Å². The molecule has 2 fully saturated rings. The average molecular weight is 449 g/mol. The van der Waals surface area contributed by atoms with Crippen LogP contribution in [0.5, 0.6) is 0 Å². The number of halogens is 1. The molecule has 180 valence electrons. The lowest BCUT2D eigenvalue weighted by molar-refractivity contribution is 0.128. The Morgan fingerprint density at radius 2 is 1.78 bits per heavy atom. The van der Waals surface area contributed by atoms with Gasteiger partial charge in [0.15, 0.2) is 5.96 Å². The number of rotatable bonds is 10. The first kappa shape index (κ1) is 24.7. The van der Waals surface area contributed by atoms with E-state index in [2.05, 4.69) is 32.3 Å². The molecular weight excluding hydrogens is 407 g/mol. The smallest absolute Gasteiger partial charge is 0.191 e. The van der Waals surface area contributed by atoms with Crippen LogP contribution >= 0.6 is 0 Å². The molecule has 3 rings (SSSR count). The summed E-state index contributed by atoms with van der Waals surface area (Å²) in [5.41, 5.74) is 0.725. The van der Waals surface area contributed by atoms with Gasteiger partial charge in [0.05, 0.1) is 12.3 Å². The summed E-state index contributed by atoms with van der Waals surface area (Å²) >= 11 is 0. The van der Waals surface area contributed by atoms with E-state index in [0.717, 1.165) is 103 Å². The van der Waals surface area contributed by atoms with Crippen molar-refractivity contribution in [2.75, 3.05) is 84.1 Å². The summed E-state index contributed by atoms with van der Waals surface area (Å²) in [7, 11) is 1.76. The molecule has 2 saturated heterocycles. The fraction of sp³-hybridized carbons (Fsp3) is 0.708. The fourth-order valence-corrected chi connectivity index (χ4v) is 4.44. The molecule has 0 atom stereocenters. The molecule has 2 N–H and O–H groups in total. The number of benzene rings is 1. The van der Waals surface area contributed by atoms with Crippen LogP contribution in [0.25, 0.3) is 0 Å². The molecule has 1 aromatic rings. The van der Waals surface area contributed by atoms with E-state index in [1.165, 1.54) is 0 Å². The Kier molecular flexibility index (Phi) is 10.5. The van der Waals surface area contributed by atoms with Crippen molar-refractivity contribution >= 4 is 11.6 Å². The highest BCUT2D eigenvalue weighted by Crippen LogP contribution is 2.20. The van der Waals surface area contributed by atoms with Crippen LogP contribution in [0, 0.1) is 5.82 Å². The number of piperidine rings is 1. The van der Waals surface area contributed by atoms with E-state index in [-0.39, 0.29) is 5.82 Å². The Balaban J connectivity index is 1.34. The van der Waals surface area contributed by atoms with Crippen LogP contribution in [0.15, 0.2) is 29.3 Å². The molecule has 2 aliphatic rings. The molecule has 0 radical (unpaired) electrons. The third kappa shape index (κ3) is 7.90. The highest BCUT2D eigenvalue weighted by molar-refractivity contribution is 5.80. The minimum absolute atomic E-state index is 0.126. The van der Waals surface area contributed by atoms with Gasteiger partial charge in [-0.3, -0.25) is 9.89 Å². The molecule has 2 aliphatic heterocycles. The molecule has 0 aliphatic carbocycles. The first-order chi connectivity index (χ1) is 15.7. The molecule has 1 aromatic carbocycles. The van der Waals surface area contributed by atoms with Gasteiger partial charge < -0.3 is 25.2 Å². The number of likely N-dealkylation sites (tertiary alicyclic amines) is 1. The van der Waals surface area contributed by atoms with Crippen LogP contribution in [0.4, 0.5) is 10.1 Å². The van der Waals surface area contributed by atoms with Crippen molar-refractivity contribution in [2.45, 2.75) is 32.2 Å². The van der Waals surface area contributed by atoms with Gasteiger partial charge in [0, 0.05) is 78.6 Å². The van der Waals surface area contributed by atoms with Crippen LogP contribution in [-0.4, -0.2) is 101 Å². The van der Waals surface area contributed by atoms with E-state index in [1.54, 1.807) is 19.2 Å². The molecule has 8 heteroatoms. The second-order valence-corrected chi connectivity index (χ2v) is 8.65. The third-order valence-electron chi connectivity index (χ3n) is 6.35. The lowest BCUT2D eigenvalue weighted by atomic mass is 10.1. The zero-order chi connectivity index (χ0) is 22.6. The van der Waals surface area contributed by atoms with E-state index in [4.69, 9.17) is 9.73 Å². The molecular formula is C24H41FN6O. The lowest BCUT2D eigenvalue weighted by Gasteiger charge is -2.36. The topological polar surface area (TPSA) is 55.4 Å². The van der Waals surface area contributed by atoms with Gasteiger partial charge in [-0.15, -0.1) is 0 Å². The summed E-state index contributed by atoms with van der Waals surface area (Å²) < 4.78 is 19.2. The van der Waals surface area contributed by atoms with Crippen LogP contribution < -0.4 is 15.5 Å². The number of guanidine groups is 1. The van der Waals surface area contributed by atoms with Crippen molar-refractivity contribution in [3.05, 3.63) is 30.1 Å². The molecule has 0 bridgehead atoms. The highest BCUT2D eigenvalue weighted by atomic mass is 19.1. The predicted molar refractivity (Wildman–Crippen MR) is 130 cm³/mol. The van der Waals surface area contributed by atoms with Gasteiger partial charge in [-0.05, 0) is 38.3 Å². The van der Waals surface area contributed by atoms with Gasteiger partial charge in [-0.2, -0.15) is 0 Å². The normalized spacial score (nSPS) is 19.3. The van der Waals surface area contributed by atoms with Gasteiger partial charge in [0.25, 0.3) is 0 Å². The van der Waals surface area contributed by atoms with Gasteiger partial charge in [-0.25, -0.2) is 4.39 Å². The Morgan fingerprint density at radius 1 is 1.06 bits per heavy atom. The Hall–Kier alpha value is -1.90. The number of para-hydroxylation sites is 1. The summed E-state index contributed by atoms with van der Waals surface area (Å²) in [4.78, 5) is 11.9. The van der Waals surface area contributed by atoms with E-state index in [9.17, 15) is 4.39 Å². The molecule has 2 heterocycles. The predicted octanol–water partition coefficient (Wildman–Crippen LogP) is 2.00. The number of nitrogens with zero attached hydrogens (tertiary/aromatic N) is 4. The minimum atomic E-state index is -0.126. The summed E-state index contributed by atoms with van der Waals surface area (Å²) in [6.45, 7) is 12.6. The number of methoxy groups -OCH3 is 1. The summed E-state index contributed by atoms with van der Waals surface area (Å²) in [5, 5.41) is 7.02. The highest BCUT2D eigenvalue weighted by Gasteiger charge is 2.20. The first-order valence-corrected chi connectivity index (χ1v) is 12.2. The monoisotopic (exact) mass is 448 g/mol. The van der Waals surface area contributed by atoms with Crippen LogP contribution in [-0.2, 0) is 4.74 Å². The molecule has 7 nitrogen and oxygen atoms in total. The molecule has 0 saturated carbocycles. The summed E-state index contributed by atoms with van der Waals surface area (Å²) in [5.74, 6) is 0.812. The van der Waals surface area contributed by atoms with E-state index in [0.29, 0.717) is 6.04 Å². The molecule has 0 spiro atoms. The number of aliphatic imine (C=N–C) groups is 1. The molecule has 0 amide bonds. The van der Waals surface area contributed by atoms with Crippen molar-refractivity contribution in [2.24, 2.45) is 4.99 Å². The average Bonchev–Trinajstić information content (AvgIpc) is 2.82. The fourth-order valence-electron chi connectivity index (χ4n) is 4.44. The number of nitrogens with one attached hydrogen (secondary N) is 2. The maximum Gasteiger partial charge on any atom is 0.191 e. The maximum atomic E-state index is 14.0.